The van der Waals surface area contributed by atoms with Gasteiger partial charge in [0.2, 0.25) is 6.54 Å². The van der Waals surface area contributed by atoms with E-state index in [4.69, 9.17) is 4.74 Å². The third kappa shape index (κ3) is 4.22. The molecule has 0 radical (unpaired) electrons. The summed E-state index contributed by atoms with van der Waals surface area (Å²) in [5, 5.41) is 10.4. The van der Waals surface area contributed by atoms with Crippen LogP contribution < -0.4 is 0 Å². The molecule has 0 aliphatic carbocycles. The first kappa shape index (κ1) is 13.2. The van der Waals surface area contributed by atoms with E-state index in [1.807, 2.05) is 6.07 Å². The summed E-state index contributed by atoms with van der Waals surface area (Å²) in [4.78, 5) is 21.7. The van der Waals surface area contributed by atoms with E-state index >= 15 is 0 Å². The van der Waals surface area contributed by atoms with Crippen LogP contribution in [0.4, 0.5) is 0 Å². The number of ether oxygens (including phenoxy) is 1. The summed E-state index contributed by atoms with van der Waals surface area (Å²) in [7, 11) is 0. The van der Waals surface area contributed by atoms with Crippen LogP contribution in [-0.2, 0) is 9.53 Å². The Morgan fingerprint density at radius 2 is 2.06 bits per heavy atom. The van der Waals surface area contributed by atoms with Crippen LogP contribution in [0.1, 0.15) is 24.8 Å². The van der Waals surface area contributed by atoms with Crippen molar-refractivity contribution in [3.8, 4) is 0 Å². The van der Waals surface area contributed by atoms with Crippen LogP contribution in [0.5, 0.6) is 0 Å². The second kappa shape index (κ2) is 6.62. The van der Waals surface area contributed by atoms with E-state index in [9.17, 15) is 14.9 Å². The van der Waals surface area contributed by atoms with E-state index in [0.717, 1.165) is 5.56 Å². The summed E-state index contributed by atoms with van der Waals surface area (Å²) < 4.78 is 4.93. The fourth-order valence-corrected chi connectivity index (χ4v) is 1.58. The lowest BCUT2D eigenvalue weighted by Gasteiger charge is -2.13. The van der Waals surface area contributed by atoms with Gasteiger partial charge in [0.05, 0.1) is 12.5 Å². The van der Waals surface area contributed by atoms with E-state index in [0.29, 0.717) is 0 Å². The summed E-state index contributed by atoms with van der Waals surface area (Å²) in [6.07, 6.45) is 0.163. The number of benzene rings is 1. The zero-order valence-electron chi connectivity index (χ0n) is 9.67. The molecule has 1 rings (SSSR count). The molecule has 0 fully saturated rings. The SMILES string of the molecule is CCOC(=O)C(CC[N+](=O)[O-])c1ccccc1. The number of rotatable bonds is 6. The highest BCUT2D eigenvalue weighted by Crippen LogP contribution is 2.21. The maximum atomic E-state index is 11.7. The molecule has 0 aliphatic rings. The average molecular weight is 237 g/mol. The summed E-state index contributed by atoms with van der Waals surface area (Å²) in [6, 6.07) is 8.99. The fraction of sp³-hybridized carbons (Fsp3) is 0.417. The maximum absolute atomic E-state index is 11.7. The first-order valence-corrected chi connectivity index (χ1v) is 5.48. The van der Waals surface area contributed by atoms with E-state index in [1.54, 1.807) is 31.2 Å². The molecule has 0 saturated heterocycles. The van der Waals surface area contributed by atoms with Gasteiger partial charge in [0.15, 0.2) is 0 Å². The number of nitrogens with zero attached hydrogens (tertiary/aromatic N) is 1. The van der Waals surface area contributed by atoms with E-state index in [1.165, 1.54) is 0 Å². The summed E-state index contributed by atoms with van der Waals surface area (Å²) in [6.45, 7) is 1.76. The third-order valence-electron chi connectivity index (χ3n) is 2.37. The van der Waals surface area contributed by atoms with Crippen LogP contribution in [0.15, 0.2) is 30.3 Å². The highest BCUT2D eigenvalue weighted by atomic mass is 16.6. The number of nitro groups is 1. The van der Waals surface area contributed by atoms with Crippen LogP contribution in [-0.4, -0.2) is 24.0 Å². The van der Waals surface area contributed by atoms with Crippen LogP contribution in [0.2, 0.25) is 0 Å². The van der Waals surface area contributed by atoms with Crippen molar-refractivity contribution in [3.63, 3.8) is 0 Å². The van der Waals surface area contributed by atoms with Crippen molar-refractivity contribution in [2.75, 3.05) is 13.2 Å². The van der Waals surface area contributed by atoms with Gasteiger partial charge in [-0.2, -0.15) is 0 Å². The predicted molar refractivity (Wildman–Crippen MR) is 62.3 cm³/mol. The average Bonchev–Trinajstić information content (AvgIpc) is 2.30. The van der Waals surface area contributed by atoms with Gasteiger partial charge in [-0.25, -0.2) is 0 Å². The van der Waals surface area contributed by atoms with Crippen molar-refractivity contribution < 1.29 is 14.5 Å². The molecule has 5 nitrogen and oxygen atoms in total. The highest BCUT2D eigenvalue weighted by molar-refractivity contribution is 5.78. The lowest BCUT2D eigenvalue weighted by atomic mass is 9.96. The molecule has 1 atom stereocenters. The number of carbonyl (C=O) groups is 1. The molecule has 0 N–H and O–H groups in total. The number of hydrogen-bond acceptors (Lipinski definition) is 4. The number of carbonyl (C=O) groups excluding carboxylic acids is 1. The summed E-state index contributed by atoms with van der Waals surface area (Å²) >= 11 is 0. The van der Waals surface area contributed by atoms with Crippen molar-refractivity contribution >= 4 is 5.97 Å². The molecule has 1 aromatic rings. The monoisotopic (exact) mass is 237 g/mol. The number of hydrogen-bond donors (Lipinski definition) is 0. The lowest BCUT2D eigenvalue weighted by Crippen LogP contribution is -2.19. The lowest BCUT2D eigenvalue weighted by molar-refractivity contribution is -0.480. The molecule has 1 unspecified atom stereocenters. The number of esters is 1. The van der Waals surface area contributed by atoms with E-state index < -0.39 is 16.8 Å². The molecular weight excluding hydrogens is 222 g/mol. The molecule has 0 spiro atoms. The maximum Gasteiger partial charge on any atom is 0.313 e. The van der Waals surface area contributed by atoms with Gasteiger partial charge in [-0.15, -0.1) is 0 Å². The molecular formula is C12H15NO4. The smallest absolute Gasteiger partial charge is 0.313 e. The van der Waals surface area contributed by atoms with Gasteiger partial charge in [0.1, 0.15) is 0 Å². The minimum atomic E-state index is -0.554. The molecule has 0 amide bonds. The molecule has 5 heteroatoms. The second-order valence-electron chi connectivity index (χ2n) is 3.56. The van der Waals surface area contributed by atoms with Gasteiger partial charge in [-0.05, 0) is 12.5 Å². The van der Waals surface area contributed by atoms with Gasteiger partial charge in [-0.1, -0.05) is 30.3 Å². The highest BCUT2D eigenvalue weighted by Gasteiger charge is 2.23. The van der Waals surface area contributed by atoms with Crippen LogP contribution in [0.25, 0.3) is 0 Å². The van der Waals surface area contributed by atoms with Gasteiger partial charge in [-0.3, -0.25) is 14.9 Å². The first-order valence-electron chi connectivity index (χ1n) is 5.48. The van der Waals surface area contributed by atoms with Crippen LogP contribution in [0.3, 0.4) is 0 Å². The van der Waals surface area contributed by atoms with Crippen molar-refractivity contribution in [1.82, 2.24) is 0 Å². The first-order chi connectivity index (χ1) is 8.15. The topological polar surface area (TPSA) is 69.4 Å². The Hall–Kier alpha value is -1.91. The van der Waals surface area contributed by atoms with Gasteiger partial charge >= 0.3 is 5.97 Å². The Balaban J connectivity index is 2.78. The molecule has 17 heavy (non-hydrogen) atoms. The molecule has 0 heterocycles. The van der Waals surface area contributed by atoms with E-state index in [2.05, 4.69) is 0 Å². The Kier molecular flexibility index (Phi) is 5.13. The van der Waals surface area contributed by atoms with Gasteiger partial charge in [0.25, 0.3) is 0 Å². The molecule has 0 bridgehead atoms. The van der Waals surface area contributed by atoms with Crippen LogP contribution >= 0.6 is 0 Å². The molecule has 1 aromatic carbocycles. The van der Waals surface area contributed by atoms with Crippen molar-refractivity contribution in [2.45, 2.75) is 19.3 Å². The van der Waals surface area contributed by atoms with Crippen LogP contribution in [0, 0.1) is 10.1 Å². The fourth-order valence-electron chi connectivity index (χ4n) is 1.58. The molecule has 0 aliphatic heterocycles. The van der Waals surface area contributed by atoms with Gasteiger partial charge in [0, 0.05) is 11.3 Å². The minimum absolute atomic E-state index is 0.163. The molecule has 92 valence electrons. The minimum Gasteiger partial charge on any atom is -0.466 e. The van der Waals surface area contributed by atoms with Gasteiger partial charge < -0.3 is 4.74 Å². The largest absolute Gasteiger partial charge is 0.466 e. The summed E-state index contributed by atoms with van der Waals surface area (Å²) in [5.74, 6) is -0.956. The van der Waals surface area contributed by atoms with Crippen molar-refractivity contribution in [1.29, 1.82) is 0 Å². The summed E-state index contributed by atoms with van der Waals surface area (Å²) in [5.41, 5.74) is 0.757. The Morgan fingerprint density at radius 3 is 2.59 bits per heavy atom. The molecule has 0 aromatic heterocycles. The molecule has 0 saturated carbocycles. The zero-order valence-corrected chi connectivity index (χ0v) is 9.67. The predicted octanol–water partition coefficient (Wildman–Crippen LogP) is 2.00. The quantitative estimate of drug-likeness (QED) is 0.431. The Bertz CT molecular complexity index is 377. The van der Waals surface area contributed by atoms with E-state index in [-0.39, 0.29) is 19.6 Å². The standard InChI is InChI=1S/C12H15NO4/c1-2-17-12(14)11(8-9-13(15)16)10-6-4-3-5-7-10/h3-7,11H,2,8-9H2,1H3. The van der Waals surface area contributed by atoms with Crippen molar-refractivity contribution in [2.24, 2.45) is 0 Å². The van der Waals surface area contributed by atoms with Crippen molar-refractivity contribution in [3.05, 3.63) is 46.0 Å². The Labute approximate surface area is 99.5 Å². The Morgan fingerprint density at radius 1 is 1.41 bits per heavy atom. The third-order valence-corrected chi connectivity index (χ3v) is 2.37. The second-order valence-corrected chi connectivity index (χ2v) is 3.56. The zero-order chi connectivity index (χ0) is 12.7. The normalized spacial score (nSPS) is 11.8.